The van der Waals surface area contributed by atoms with Crippen molar-refractivity contribution < 1.29 is 22.7 Å². The highest BCUT2D eigenvalue weighted by molar-refractivity contribution is 6.01. The molecule has 46 heavy (non-hydrogen) atoms. The number of imidazole rings is 1. The molecule has 1 N–H and O–H groups in total. The van der Waals surface area contributed by atoms with Gasteiger partial charge >= 0.3 is 6.18 Å². The highest BCUT2D eigenvalue weighted by Gasteiger charge is 2.30. The first-order chi connectivity index (χ1) is 22.1. The van der Waals surface area contributed by atoms with Crippen LogP contribution in [0.15, 0.2) is 48.8 Å². The standard InChI is InChI=1S/C34H38F3N7O2/c1-4-21-7-6-12-42(17-21)33(45)24-13-27-31(29(15-24)46-3)41(2)32(40-27)28-14-23-8-5-9-26(30(23)44(28)18-22-10-11-22)39-25-16-38-43(19-25)20-34(35,36)37/h5,8-9,13-16,19,21-22,39H,4,6-7,10-12,17-18,20H2,1-3H3/t21-/m1/s1. The van der Waals surface area contributed by atoms with Crippen molar-refractivity contribution in [3.05, 3.63) is 54.4 Å². The fourth-order valence-corrected chi connectivity index (χ4v) is 6.80. The molecule has 0 unspecified atom stereocenters. The molecule has 2 fully saturated rings. The van der Waals surface area contributed by atoms with Crippen LogP contribution >= 0.6 is 0 Å². The number of likely N-dealkylation sites (tertiary alicyclic amines) is 1. The van der Waals surface area contributed by atoms with Gasteiger partial charge < -0.3 is 24.1 Å². The Morgan fingerprint density at radius 1 is 1.11 bits per heavy atom. The number of rotatable bonds is 9. The van der Waals surface area contributed by atoms with Crippen molar-refractivity contribution >= 4 is 39.2 Å². The number of piperidine rings is 1. The fourth-order valence-electron chi connectivity index (χ4n) is 6.80. The minimum absolute atomic E-state index is 0.00247. The van der Waals surface area contributed by atoms with E-state index in [2.05, 4.69) is 28.0 Å². The summed E-state index contributed by atoms with van der Waals surface area (Å²) in [5.74, 6) is 2.38. The van der Waals surface area contributed by atoms with Crippen LogP contribution in [-0.4, -0.2) is 61.1 Å². The molecule has 2 aliphatic rings. The maximum absolute atomic E-state index is 13.7. The Hall–Kier alpha value is -4.48. The number of alkyl halides is 3. The molecular weight excluding hydrogens is 595 g/mol. The molecule has 0 bridgehead atoms. The molecule has 7 rings (SSSR count). The molecule has 5 aromatic rings. The SMILES string of the molecule is CC[C@@H]1CCCN(C(=O)c2cc(OC)c3c(c2)nc(-c2cc4cccc(Nc5cnn(CC(F)(F)F)c5)c4n2CC2CC2)n3C)C1. The summed E-state index contributed by atoms with van der Waals surface area (Å²) < 4.78 is 49.8. The molecule has 1 aliphatic carbocycles. The van der Waals surface area contributed by atoms with Gasteiger partial charge in [0.05, 0.1) is 41.4 Å². The summed E-state index contributed by atoms with van der Waals surface area (Å²) in [6.45, 7) is 3.33. The lowest BCUT2D eigenvalue weighted by Gasteiger charge is -2.32. The van der Waals surface area contributed by atoms with Gasteiger partial charge in [0, 0.05) is 43.8 Å². The van der Waals surface area contributed by atoms with E-state index in [1.807, 2.05) is 46.8 Å². The van der Waals surface area contributed by atoms with Crippen molar-refractivity contribution in [1.82, 2.24) is 28.8 Å². The fraction of sp³-hybridized carbons (Fsp3) is 0.441. The Bertz CT molecular complexity index is 1920. The summed E-state index contributed by atoms with van der Waals surface area (Å²) in [5, 5.41) is 8.19. The molecular formula is C34H38F3N7O2. The number of amides is 1. The average molecular weight is 634 g/mol. The van der Waals surface area contributed by atoms with Gasteiger partial charge in [-0.15, -0.1) is 0 Å². The molecule has 1 saturated carbocycles. The molecule has 242 valence electrons. The summed E-state index contributed by atoms with van der Waals surface area (Å²) in [5.41, 5.74) is 5.16. The zero-order valence-electron chi connectivity index (χ0n) is 26.3. The van der Waals surface area contributed by atoms with Crippen molar-refractivity contribution in [3.8, 4) is 17.3 Å². The van der Waals surface area contributed by atoms with Crippen LogP contribution in [0.2, 0.25) is 0 Å². The first kappa shape index (κ1) is 30.2. The quantitative estimate of drug-likeness (QED) is 0.183. The van der Waals surface area contributed by atoms with E-state index in [1.54, 1.807) is 7.11 Å². The molecule has 4 heterocycles. The highest BCUT2D eigenvalue weighted by Crippen LogP contribution is 2.40. The van der Waals surface area contributed by atoms with Crippen LogP contribution < -0.4 is 10.1 Å². The van der Waals surface area contributed by atoms with E-state index in [1.165, 1.54) is 12.4 Å². The van der Waals surface area contributed by atoms with Gasteiger partial charge in [0.15, 0.2) is 5.82 Å². The number of hydrogen-bond donors (Lipinski definition) is 1. The lowest BCUT2D eigenvalue weighted by molar-refractivity contribution is -0.142. The molecule has 0 spiro atoms. The molecule has 2 aromatic carbocycles. The van der Waals surface area contributed by atoms with Gasteiger partial charge in [-0.25, -0.2) is 4.98 Å². The summed E-state index contributed by atoms with van der Waals surface area (Å²) in [4.78, 5) is 20.7. The van der Waals surface area contributed by atoms with E-state index in [9.17, 15) is 18.0 Å². The summed E-state index contributed by atoms with van der Waals surface area (Å²) in [6, 6.07) is 11.7. The normalized spacial score (nSPS) is 17.3. The van der Waals surface area contributed by atoms with Gasteiger partial charge in [0.25, 0.3) is 5.91 Å². The Morgan fingerprint density at radius 3 is 2.67 bits per heavy atom. The smallest absolute Gasteiger partial charge is 0.408 e. The second-order valence-corrected chi connectivity index (χ2v) is 12.7. The molecule has 1 saturated heterocycles. The Labute approximate surface area is 264 Å². The first-order valence-electron chi connectivity index (χ1n) is 15.9. The maximum Gasteiger partial charge on any atom is 0.408 e. The van der Waals surface area contributed by atoms with E-state index in [-0.39, 0.29) is 5.91 Å². The number of para-hydroxylation sites is 1. The number of methoxy groups -OCH3 is 1. The van der Waals surface area contributed by atoms with E-state index in [4.69, 9.17) is 9.72 Å². The lowest BCUT2D eigenvalue weighted by Crippen LogP contribution is -2.39. The third kappa shape index (κ3) is 5.80. The Kier molecular flexibility index (Phi) is 7.68. The van der Waals surface area contributed by atoms with Crippen LogP contribution in [0, 0.1) is 11.8 Å². The van der Waals surface area contributed by atoms with Crippen LogP contribution in [0.4, 0.5) is 24.5 Å². The number of ether oxygens (including phenoxy) is 1. The number of carbonyl (C=O) groups excluding carboxylic acids is 1. The third-order valence-corrected chi connectivity index (χ3v) is 9.33. The topological polar surface area (TPSA) is 82.1 Å². The van der Waals surface area contributed by atoms with Crippen molar-refractivity contribution in [1.29, 1.82) is 0 Å². The number of hydrogen-bond acceptors (Lipinski definition) is 5. The third-order valence-electron chi connectivity index (χ3n) is 9.33. The minimum atomic E-state index is -4.36. The van der Waals surface area contributed by atoms with Crippen molar-refractivity contribution in [3.63, 3.8) is 0 Å². The van der Waals surface area contributed by atoms with E-state index >= 15 is 0 Å². The monoisotopic (exact) mass is 633 g/mol. The molecule has 1 atom stereocenters. The maximum atomic E-state index is 13.7. The van der Waals surface area contributed by atoms with Gasteiger partial charge in [0.2, 0.25) is 0 Å². The molecule has 12 heteroatoms. The predicted molar refractivity (Wildman–Crippen MR) is 171 cm³/mol. The number of nitrogens with one attached hydrogen (secondary N) is 1. The van der Waals surface area contributed by atoms with Gasteiger partial charge in [-0.05, 0) is 61.8 Å². The van der Waals surface area contributed by atoms with Crippen LogP contribution in [0.1, 0.15) is 49.4 Å². The van der Waals surface area contributed by atoms with Gasteiger partial charge in [-0.1, -0.05) is 25.5 Å². The number of anilines is 2. The zero-order chi connectivity index (χ0) is 32.2. The van der Waals surface area contributed by atoms with Crippen LogP contribution in [0.25, 0.3) is 33.5 Å². The molecule has 0 radical (unpaired) electrons. The first-order valence-corrected chi connectivity index (χ1v) is 15.9. The second-order valence-electron chi connectivity index (χ2n) is 12.7. The van der Waals surface area contributed by atoms with Crippen molar-refractivity contribution in [2.75, 3.05) is 25.5 Å². The second kappa shape index (κ2) is 11.7. The number of halogens is 3. The highest BCUT2D eigenvalue weighted by atomic mass is 19.4. The van der Waals surface area contributed by atoms with Gasteiger partial charge in [-0.3, -0.25) is 9.48 Å². The van der Waals surface area contributed by atoms with E-state index < -0.39 is 12.7 Å². The van der Waals surface area contributed by atoms with Crippen molar-refractivity contribution in [2.45, 2.75) is 58.3 Å². The molecule has 3 aromatic heterocycles. The van der Waals surface area contributed by atoms with E-state index in [0.717, 1.165) is 90.0 Å². The minimum Gasteiger partial charge on any atom is -0.494 e. The number of benzene rings is 2. The number of nitrogens with zero attached hydrogens (tertiary/aromatic N) is 6. The number of fused-ring (bicyclic) bond motifs is 2. The van der Waals surface area contributed by atoms with Crippen molar-refractivity contribution in [2.24, 2.45) is 18.9 Å². The Balaban J connectivity index is 1.29. The van der Waals surface area contributed by atoms with Crippen LogP contribution in [0.5, 0.6) is 5.75 Å². The average Bonchev–Trinajstić information content (AvgIpc) is 3.49. The number of carbonyl (C=O) groups is 1. The van der Waals surface area contributed by atoms with Gasteiger partial charge in [-0.2, -0.15) is 18.3 Å². The number of aromatic nitrogens is 5. The van der Waals surface area contributed by atoms with E-state index in [0.29, 0.717) is 34.4 Å². The lowest BCUT2D eigenvalue weighted by atomic mass is 9.95. The Morgan fingerprint density at radius 2 is 1.93 bits per heavy atom. The largest absolute Gasteiger partial charge is 0.494 e. The zero-order valence-corrected chi connectivity index (χ0v) is 26.3. The summed E-state index contributed by atoms with van der Waals surface area (Å²) in [6.07, 6.45) is 3.91. The molecule has 9 nitrogen and oxygen atoms in total. The number of aryl methyl sites for hydroxylation is 1. The summed E-state index contributed by atoms with van der Waals surface area (Å²) in [7, 11) is 3.57. The predicted octanol–water partition coefficient (Wildman–Crippen LogP) is 7.38. The van der Waals surface area contributed by atoms with Crippen LogP contribution in [-0.2, 0) is 20.1 Å². The summed E-state index contributed by atoms with van der Waals surface area (Å²) >= 11 is 0. The molecule has 1 aliphatic heterocycles. The molecule has 1 amide bonds. The van der Waals surface area contributed by atoms with Crippen LogP contribution in [0.3, 0.4) is 0 Å². The van der Waals surface area contributed by atoms with Gasteiger partial charge in [0.1, 0.15) is 17.8 Å².